The van der Waals surface area contributed by atoms with Crippen LogP contribution in [-0.4, -0.2) is 54.4 Å². The summed E-state index contributed by atoms with van der Waals surface area (Å²) in [4.78, 5) is 71.6. The molecule has 0 unspecified atom stereocenters. The van der Waals surface area contributed by atoms with E-state index in [0.29, 0.717) is 35.7 Å². The zero-order valence-electron chi connectivity index (χ0n) is 41.2. The summed E-state index contributed by atoms with van der Waals surface area (Å²) >= 11 is 0. The van der Waals surface area contributed by atoms with E-state index in [1.54, 1.807) is 85.2 Å². The van der Waals surface area contributed by atoms with E-state index in [9.17, 15) is 29.3 Å². The Bertz CT molecular complexity index is 2340. The molecule has 13 heteroatoms. The lowest BCUT2D eigenvalue weighted by molar-refractivity contribution is -0.386. The first-order valence-corrected chi connectivity index (χ1v) is 25.2. The molecule has 0 aliphatic heterocycles. The van der Waals surface area contributed by atoms with Crippen molar-refractivity contribution in [3.05, 3.63) is 159 Å². The summed E-state index contributed by atoms with van der Waals surface area (Å²) in [5.74, 6) is -3.29. The molecule has 0 heterocycles. The first kappa shape index (κ1) is 54.7. The van der Waals surface area contributed by atoms with E-state index in [1.807, 2.05) is 0 Å². The van der Waals surface area contributed by atoms with Crippen molar-refractivity contribution in [1.29, 1.82) is 0 Å². The van der Waals surface area contributed by atoms with E-state index >= 15 is 0 Å². The molecule has 5 aromatic rings. The van der Waals surface area contributed by atoms with Gasteiger partial charge in [0, 0.05) is 12.4 Å². The summed E-state index contributed by atoms with van der Waals surface area (Å²) in [5, 5.41) is 12.2. The third-order valence-corrected chi connectivity index (χ3v) is 11.7. The molecule has 0 fully saturated rings. The second-order valence-corrected chi connectivity index (χ2v) is 17.4. The summed E-state index contributed by atoms with van der Waals surface area (Å²) in [7, 11) is 0. The lowest BCUT2D eigenvalue weighted by Gasteiger charge is -2.09. The number of ether oxygens (including phenoxy) is 4. The normalized spacial score (nSPS) is 11.2. The number of hydrogen-bond donors (Lipinski definition) is 0. The van der Waals surface area contributed by atoms with Gasteiger partial charge in [0.15, 0.2) is 0 Å². The molecule has 0 N–H and O–H groups in total. The molecule has 71 heavy (non-hydrogen) atoms. The van der Waals surface area contributed by atoms with Crippen LogP contribution in [0.4, 0.5) is 17.1 Å². The minimum Gasteiger partial charge on any atom is -0.462 e. The molecule has 0 aliphatic carbocycles. The highest BCUT2D eigenvalue weighted by atomic mass is 16.6. The Labute approximate surface area is 417 Å². The van der Waals surface area contributed by atoms with Crippen molar-refractivity contribution in [2.75, 3.05) is 13.2 Å². The summed E-state index contributed by atoms with van der Waals surface area (Å²) < 4.78 is 21.8. The van der Waals surface area contributed by atoms with Gasteiger partial charge in [-0.3, -0.25) is 20.1 Å². The summed E-state index contributed by atoms with van der Waals surface area (Å²) in [6.07, 6.45) is 24.6. The van der Waals surface area contributed by atoms with Gasteiger partial charge in [-0.2, -0.15) is 0 Å². The monoisotopic (exact) mass is 965 g/mol. The molecule has 374 valence electrons. The van der Waals surface area contributed by atoms with Crippen LogP contribution >= 0.6 is 0 Å². The number of nitrogens with zero attached hydrogens (tertiary/aromatic N) is 3. The Balaban J connectivity index is 1.05. The molecule has 0 amide bonds. The number of esters is 4. The maximum atomic E-state index is 13.1. The van der Waals surface area contributed by atoms with Crippen molar-refractivity contribution >= 4 is 53.4 Å². The van der Waals surface area contributed by atoms with Crippen LogP contribution in [0.25, 0.3) is 0 Å². The third-order valence-electron chi connectivity index (χ3n) is 11.7. The number of para-hydroxylation sites is 1. The van der Waals surface area contributed by atoms with E-state index in [1.165, 1.54) is 120 Å². The number of carbonyl (C=O) groups excluding carboxylic acids is 4. The highest BCUT2D eigenvalue weighted by Gasteiger charge is 2.27. The molecule has 0 radical (unpaired) electrons. The lowest BCUT2D eigenvalue weighted by atomic mass is 10.1. The predicted molar refractivity (Wildman–Crippen MR) is 278 cm³/mol. The van der Waals surface area contributed by atoms with Crippen LogP contribution in [0.3, 0.4) is 0 Å². The van der Waals surface area contributed by atoms with E-state index in [4.69, 9.17) is 18.9 Å². The van der Waals surface area contributed by atoms with Gasteiger partial charge < -0.3 is 18.9 Å². The molecule has 0 aromatic heterocycles. The van der Waals surface area contributed by atoms with Crippen LogP contribution in [0.15, 0.2) is 125 Å². The van der Waals surface area contributed by atoms with Gasteiger partial charge in [0.1, 0.15) is 0 Å². The van der Waals surface area contributed by atoms with Crippen molar-refractivity contribution in [1.82, 2.24) is 0 Å². The topological polar surface area (TPSA) is 173 Å². The summed E-state index contributed by atoms with van der Waals surface area (Å²) in [6.45, 7) is 5.23. The quantitative estimate of drug-likeness (QED) is 0.0104. The van der Waals surface area contributed by atoms with Crippen molar-refractivity contribution in [3.8, 4) is 11.5 Å². The standard InChI is InChI=1S/C58H67N3O10/c1-3-5-7-9-11-13-15-17-19-40-68-55(62)46-28-24-44(25-29-46)42-59-50-36-32-48(33-37-50)57(64)70-52-22-21-23-53(54(52)61(66)67)71-58(65)49-34-38-51(39-35-49)60-43-45-26-30-47(31-27-45)56(63)69-41-20-18-16-14-12-10-8-6-4-2/h21-39,42-43H,3-20,40-41H2,1-2H3. The molecular weight excluding hydrogens is 899 g/mol. The fourth-order valence-electron chi connectivity index (χ4n) is 7.56. The predicted octanol–water partition coefficient (Wildman–Crippen LogP) is 14.9. The molecule has 5 aromatic carbocycles. The smallest absolute Gasteiger partial charge is 0.353 e. The molecule has 0 spiro atoms. The van der Waals surface area contributed by atoms with Gasteiger partial charge in [0.2, 0.25) is 11.5 Å². The summed E-state index contributed by atoms with van der Waals surface area (Å²) in [5.41, 5.74) is 2.96. The second-order valence-electron chi connectivity index (χ2n) is 17.4. The number of carbonyl (C=O) groups is 4. The number of unbranched alkanes of at least 4 members (excludes halogenated alkanes) is 16. The van der Waals surface area contributed by atoms with Gasteiger partial charge in [-0.15, -0.1) is 0 Å². The Morgan fingerprint density at radius 2 is 0.746 bits per heavy atom. The van der Waals surface area contributed by atoms with Gasteiger partial charge in [-0.05, 0) is 109 Å². The van der Waals surface area contributed by atoms with Gasteiger partial charge >= 0.3 is 29.6 Å². The van der Waals surface area contributed by atoms with E-state index in [-0.39, 0.29) is 23.1 Å². The number of hydrogen-bond acceptors (Lipinski definition) is 12. The zero-order chi connectivity index (χ0) is 50.5. The Hall–Kier alpha value is -7.28. The number of nitro benzene ring substituents is 1. The van der Waals surface area contributed by atoms with Crippen molar-refractivity contribution < 1.29 is 43.0 Å². The number of nitro groups is 1. The second kappa shape index (κ2) is 31.0. The lowest BCUT2D eigenvalue weighted by Crippen LogP contribution is -2.12. The SMILES string of the molecule is CCCCCCCCCCCOC(=O)c1ccc(C=Nc2ccc(C(=O)Oc3cccc(OC(=O)c4ccc(N=Cc5ccc(C(=O)OCCCCCCCCCCC)cc5)cc4)c3[N+](=O)[O-])cc2)cc1. The van der Waals surface area contributed by atoms with Crippen LogP contribution in [0.5, 0.6) is 11.5 Å². The highest BCUT2D eigenvalue weighted by molar-refractivity contribution is 5.95. The number of aliphatic imine (C=N–C) groups is 2. The van der Waals surface area contributed by atoms with Crippen LogP contribution in [0, 0.1) is 10.1 Å². The number of rotatable bonds is 31. The average molecular weight is 966 g/mol. The Kier molecular flexibility index (Phi) is 23.9. The van der Waals surface area contributed by atoms with Crippen molar-refractivity contribution in [2.45, 2.75) is 129 Å². The maximum absolute atomic E-state index is 13.1. The summed E-state index contributed by atoms with van der Waals surface area (Å²) in [6, 6.07) is 29.9. The van der Waals surface area contributed by atoms with Crippen LogP contribution in [0.2, 0.25) is 0 Å². The molecule has 0 atom stereocenters. The van der Waals surface area contributed by atoms with Gasteiger partial charge in [0.25, 0.3) is 0 Å². The van der Waals surface area contributed by atoms with E-state index < -0.39 is 34.0 Å². The van der Waals surface area contributed by atoms with Gasteiger partial charge in [-0.1, -0.05) is 147 Å². The zero-order valence-corrected chi connectivity index (χ0v) is 41.2. The fraction of sp³-hybridized carbons (Fsp3) is 0.379. The Morgan fingerprint density at radius 1 is 0.437 bits per heavy atom. The fourth-order valence-corrected chi connectivity index (χ4v) is 7.56. The molecule has 0 saturated carbocycles. The maximum Gasteiger partial charge on any atom is 0.353 e. The van der Waals surface area contributed by atoms with Crippen LogP contribution in [-0.2, 0) is 9.47 Å². The minimum absolute atomic E-state index is 0.102. The largest absolute Gasteiger partial charge is 0.462 e. The first-order valence-electron chi connectivity index (χ1n) is 25.2. The number of benzene rings is 5. The van der Waals surface area contributed by atoms with Gasteiger partial charge in [-0.25, -0.2) is 19.2 Å². The first-order chi connectivity index (χ1) is 34.6. The van der Waals surface area contributed by atoms with Gasteiger partial charge in [0.05, 0.1) is 51.8 Å². The molecule has 5 rings (SSSR count). The average Bonchev–Trinajstić information content (AvgIpc) is 3.39. The molecular formula is C58H67N3O10. The molecule has 13 nitrogen and oxygen atoms in total. The van der Waals surface area contributed by atoms with E-state index in [2.05, 4.69) is 23.8 Å². The highest BCUT2D eigenvalue weighted by Crippen LogP contribution is 2.37. The Morgan fingerprint density at radius 3 is 1.08 bits per heavy atom. The van der Waals surface area contributed by atoms with Crippen LogP contribution < -0.4 is 9.47 Å². The van der Waals surface area contributed by atoms with Crippen LogP contribution in [0.1, 0.15) is 182 Å². The van der Waals surface area contributed by atoms with Crippen molar-refractivity contribution in [3.63, 3.8) is 0 Å². The molecule has 0 saturated heterocycles. The minimum atomic E-state index is -0.874. The molecule has 0 aliphatic rings. The van der Waals surface area contributed by atoms with Crippen molar-refractivity contribution in [2.24, 2.45) is 9.98 Å². The molecule has 0 bridgehead atoms. The van der Waals surface area contributed by atoms with E-state index in [0.717, 1.165) is 49.7 Å². The third kappa shape index (κ3) is 19.6.